The Kier molecular flexibility index (Phi) is 4.89. The molecule has 0 radical (unpaired) electrons. The summed E-state index contributed by atoms with van der Waals surface area (Å²) in [6.07, 6.45) is 0. The third kappa shape index (κ3) is 3.08. The van der Waals surface area contributed by atoms with Gasteiger partial charge in [0.1, 0.15) is 5.82 Å². The standard InChI is InChI=1S/C26H24ClF/c1-15(2)18-7-5-8-20-23(18)13-17(14-24(20)27)19-11-12-21-22(26(19)16(3)4)9-6-10-25(21)28/h5-16H,1-4H3. The highest BCUT2D eigenvalue weighted by molar-refractivity contribution is 6.36. The second-order valence-electron chi connectivity index (χ2n) is 8.07. The minimum absolute atomic E-state index is 0.176. The zero-order valence-corrected chi connectivity index (χ0v) is 17.4. The Hall–Kier alpha value is -2.38. The molecule has 0 heterocycles. The summed E-state index contributed by atoms with van der Waals surface area (Å²) in [6.45, 7) is 8.72. The molecule has 142 valence electrons. The van der Waals surface area contributed by atoms with E-state index < -0.39 is 0 Å². The number of fused-ring (bicyclic) bond motifs is 2. The van der Waals surface area contributed by atoms with Gasteiger partial charge in [0.2, 0.25) is 0 Å². The van der Waals surface area contributed by atoms with Crippen LogP contribution in [0.2, 0.25) is 5.02 Å². The molecule has 0 saturated carbocycles. The molecule has 0 aliphatic heterocycles. The lowest BCUT2D eigenvalue weighted by molar-refractivity contribution is 0.639. The van der Waals surface area contributed by atoms with Gasteiger partial charge in [0.05, 0.1) is 0 Å². The third-order valence-electron chi connectivity index (χ3n) is 5.54. The molecule has 4 aromatic rings. The Labute approximate surface area is 171 Å². The first-order valence-electron chi connectivity index (χ1n) is 9.82. The van der Waals surface area contributed by atoms with Gasteiger partial charge < -0.3 is 0 Å². The summed E-state index contributed by atoms with van der Waals surface area (Å²) in [7, 11) is 0. The van der Waals surface area contributed by atoms with Gasteiger partial charge in [-0.1, -0.05) is 81.8 Å². The molecule has 0 atom stereocenters. The van der Waals surface area contributed by atoms with Gasteiger partial charge in [-0.05, 0) is 63.1 Å². The van der Waals surface area contributed by atoms with Crippen molar-refractivity contribution in [3.05, 3.63) is 82.6 Å². The molecule has 0 fully saturated rings. The van der Waals surface area contributed by atoms with E-state index in [1.165, 1.54) is 17.0 Å². The van der Waals surface area contributed by atoms with Gasteiger partial charge >= 0.3 is 0 Å². The summed E-state index contributed by atoms with van der Waals surface area (Å²) in [5.41, 5.74) is 4.66. The second kappa shape index (κ2) is 7.22. The van der Waals surface area contributed by atoms with Crippen LogP contribution in [0.4, 0.5) is 4.39 Å². The smallest absolute Gasteiger partial charge is 0.131 e. The number of hydrogen-bond acceptors (Lipinski definition) is 0. The van der Waals surface area contributed by atoms with E-state index in [0.717, 1.165) is 32.5 Å². The summed E-state index contributed by atoms with van der Waals surface area (Å²) in [5.74, 6) is 0.491. The first-order chi connectivity index (χ1) is 13.4. The van der Waals surface area contributed by atoms with Crippen LogP contribution in [0.5, 0.6) is 0 Å². The monoisotopic (exact) mass is 390 g/mol. The largest absolute Gasteiger partial charge is 0.206 e. The van der Waals surface area contributed by atoms with Gasteiger partial charge in [-0.15, -0.1) is 0 Å². The van der Waals surface area contributed by atoms with Crippen LogP contribution in [-0.4, -0.2) is 0 Å². The van der Waals surface area contributed by atoms with E-state index in [0.29, 0.717) is 11.3 Å². The van der Waals surface area contributed by atoms with E-state index in [1.807, 2.05) is 24.3 Å². The van der Waals surface area contributed by atoms with Crippen molar-refractivity contribution in [2.45, 2.75) is 39.5 Å². The average Bonchev–Trinajstić information content (AvgIpc) is 2.66. The highest BCUT2D eigenvalue weighted by Gasteiger charge is 2.17. The molecule has 0 bridgehead atoms. The van der Waals surface area contributed by atoms with Crippen molar-refractivity contribution in [1.82, 2.24) is 0 Å². The summed E-state index contributed by atoms with van der Waals surface area (Å²) in [4.78, 5) is 0. The van der Waals surface area contributed by atoms with Crippen LogP contribution in [0.25, 0.3) is 32.7 Å². The van der Waals surface area contributed by atoms with E-state index in [9.17, 15) is 4.39 Å². The van der Waals surface area contributed by atoms with Crippen molar-refractivity contribution in [2.75, 3.05) is 0 Å². The maximum atomic E-state index is 14.4. The van der Waals surface area contributed by atoms with Gasteiger partial charge in [-0.3, -0.25) is 0 Å². The van der Waals surface area contributed by atoms with Gasteiger partial charge in [0.25, 0.3) is 0 Å². The highest BCUT2D eigenvalue weighted by atomic mass is 35.5. The minimum atomic E-state index is -0.176. The zero-order chi connectivity index (χ0) is 20.0. The van der Waals surface area contributed by atoms with Crippen LogP contribution >= 0.6 is 11.6 Å². The SMILES string of the molecule is CC(C)c1cccc2c(Cl)cc(-c3ccc4c(F)cccc4c3C(C)C)cc12. The second-order valence-corrected chi connectivity index (χ2v) is 8.48. The number of benzene rings is 4. The number of hydrogen-bond donors (Lipinski definition) is 0. The van der Waals surface area contributed by atoms with E-state index in [1.54, 1.807) is 6.07 Å². The Balaban J connectivity index is 2.07. The zero-order valence-electron chi connectivity index (χ0n) is 16.7. The average molecular weight is 391 g/mol. The Bertz CT molecular complexity index is 1190. The maximum absolute atomic E-state index is 14.4. The molecule has 0 saturated heterocycles. The molecular weight excluding hydrogens is 367 g/mol. The molecular formula is C26H24ClF. The van der Waals surface area contributed by atoms with Crippen molar-refractivity contribution in [1.29, 1.82) is 0 Å². The molecule has 4 rings (SSSR count). The minimum Gasteiger partial charge on any atom is -0.206 e. The molecule has 0 aliphatic carbocycles. The molecule has 0 aromatic heterocycles. The third-order valence-corrected chi connectivity index (χ3v) is 5.85. The predicted molar refractivity (Wildman–Crippen MR) is 120 cm³/mol. The summed E-state index contributed by atoms with van der Waals surface area (Å²) in [5, 5.41) is 4.67. The molecule has 0 spiro atoms. The normalized spacial score (nSPS) is 11.9. The van der Waals surface area contributed by atoms with Crippen LogP contribution in [0, 0.1) is 5.82 Å². The lowest BCUT2D eigenvalue weighted by atomic mass is 9.86. The fourth-order valence-electron chi connectivity index (χ4n) is 4.24. The van der Waals surface area contributed by atoms with Crippen molar-refractivity contribution in [3.8, 4) is 11.1 Å². The van der Waals surface area contributed by atoms with Crippen LogP contribution in [0.3, 0.4) is 0 Å². The van der Waals surface area contributed by atoms with Gasteiger partial charge in [0, 0.05) is 15.8 Å². The lowest BCUT2D eigenvalue weighted by Gasteiger charge is -2.19. The Morgan fingerprint density at radius 3 is 2.14 bits per heavy atom. The molecule has 0 aliphatic rings. The van der Waals surface area contributed by atoms with Crippen molar-refractivity contribution in [3.63, 3.8) is 0 Å². The van der Waals surface area contributed by atoms with Crippen molar-refractivity contribution in [2.24, 2.45) is 0 Å². The van der Waals surface area contributed by atoms with Gasteiger partial charge in [-0.2, -0.15) is 0 Å². The molecule has 28 heavy (non-hydrogen) atoms. The van der Waals surface area contributed by atoms with E-state index in [2.05, 4.69) is 52.0 Å². The van der Waals surface area contributed by atoms with Crippen molar-refractivity contribution < 1.29 is 4.39 Å². The maximum Gasteiger partial charge on any atom is 0.131 e. The van der Waals surface area contributed by atoms with Crippen LogP contribution in [0.1, 0.15) is 50.7 Å². The molecule has 2 heteroatoms. The fourth-order valence-corrected chi connectivity index (χ4v) is 4.52. The number of rotatable bonds is 3. The predicted octanol–water partition coefficient (Wildman–Crippen LogP) is 8.70. The molecule has 0 amide bonds. The van der Waals surface area contributed by atoms with Crippen LogP contribution in [0.15, 0.2) is 60.7 Å². The Morgan fingerprint density at radius 2 is 1.43 bits per heavy atom. The molecule has 0 N–H and O–H groups in total. The first kappa shape index (κ1) is 19.0. The first-order valence-corrected chi connectivity index (χ1v) is 10.2. The van der Waals surface area contributed by atoms with Crippen LogP contribution < -0.4 is 0 Å². The summed E-state index contributed by atoms with van der Waals surface area (Å²) in [6, 6.07) is 19.9. The van der Waals surface area contributed by atoms with Crippen molar-refractivity contribution >= 4 is 33.1 Å². The topological polar surface area (TPSA) is 0 Å². The quantitative estimate of drug-likeness (QED) is 0.328. The molecule has 4 aromatic carbocycles. The van der Waals surface area contributed by atoms with Crippen LogP contribution in [-0.2, 0) is 0 Å². The van der Waals surface area contributed by atoms with E-state index >= 15 is 0 Å². The van der Waals surface area contributed by atoms with E-state index in [-0.39, 0.29) is 11.7 Å². The lowest BCUT2D eigenvalue weighted by Crippen LogP contribution is -1.97. The Morgan fingerprint density at radius 1 is 0.714 bits per heavy atom. The van der Waals surface area contributed by atoms with E-state index in [4.69, 9.17) is 11.6 Å². The van der Waals surface area contributed by atoms with Gasteiger partial charge in [0.15, 0.2) is 0 Å². The summed E-state index contributed by atoms with van der Waals surface area (Å²) >= 11 is 6.70. The van der Waals surface area contributed by atoms with Gasteiger partial charge in [-0.25, -0.2) is 4.39 Å². The fraction of sp³-hybridized carbons (Fsp3) is 0.231. The summed E-state index contributed by atoms with van der Waals surface area (Å²) < 4.78 is 14.4. The number of halogens is 2. The molecule has 0 nitrogen and oxygen atoms in total. The highest BCUT2D eigenvalue weighted by Crippen LogP contribution is 2.40. The molecule has 0 unspecified atom stereocenters.